The third kappa shape index (κ3) is 6.73. The van der Waals surface area contributed by atoms with E-state index in [1.165, 1.54) is 5.56 Å². The molecule has 2 N–H and O–H groups in total. The molecule has 1 aromatic rings. The van der Waals surface area contributed by atoms with Crippen LogP contribution in [-0.2, 0) is 6.54 Å². The van der Waals surface area contributed by atoms with E-state index in [4.69, 9.17) is 9.84 Å². The van der Waals surface area contributed by atoms with E-state index >= 15 is 0 Å². The lowest BCUT2D eigenvalue weighted by Gasteiger charge is -2.13. The summed E-state index contributed by atoms with van der Waals surface area (Å²) in [6.45, 7) is 6.99. The Morgan fingerprint density at radius 1 is 1.40 bits per heavy atom. The molecule has 0 radical (unpaired) electrons. The van der Waals surface area contributed by atoms with Gasteiger partial charge < -0.3 is 15.2 Å². The average molecular weight is 344 g/mol. The molecule has 0 saturated heterocycles. The second-order valence-electron chi connectivity index (χ2n) is 5.21. The quantitative estimate of drug-likeness (QED) is 0.636. The van der Waals surface area contributed by atoms with Crippen LogP contribution in [0.3, 0.4) is 0 Å². The van der Waals surface area contributed by atoms with Crippen molar-refractivity contribution in [2.75, 3.05) is 19.8 Å². The van der Waals surface area contributed by atoms with Gasteiger partial charge in [-0.15, -0.1) is 0 Å². The summed E-state index contributed by atoms with van der Waals surface area (Å²) in [4.78, 5) is 0. The minimum Gasteiger partial charge on any atom is -0.493 e. The molecule has 0 fully saturated rings. The summed E-state index contributed by atoms with van der Waals surface area (Å²) in [6.07, 6.45) is 3.16. The van der Waals surface area contributed by atoms with Crippen molar-refractivity contribution in [1.29, 1.82) is 0 Å². The summed E-state index contributed by atoms with van der Waals surface area (Å²) in [6, 6.07) is 6.14. The zero-order valence-electron chi connectivity index (χ0n) is 12.5. The van der Waals surface area contributed by atoms with E-state index in [-0.39, 0.29) is 6.61 Å². The largest absolute Gasteiger partial charge is 0.493 e. The van der Waals surface area contributed by atoms with Crippen LogP contribution >= 0.6 is 15.9 Å². The van der Waals surface area contributed by atoms with Crippen molar-refractivity contribution in [2.45, 2.75) is 39.7 Å². The smallest absolute Gasteiger partial charge is 0.123 e. The van der Waals surface area contributed by atoms with Crippen LogP contribution in [0.5, 0.6) is 5.75 Å². The Balaban J connectivity index is 2.39. The first-order chi connectivity index (χ1) is 9.67. The van der Waals surface area contributed by atoms with Gasteiger partial charge in [0.15, 0.2) is 0 Å². The van der Waals surface area contributed by atoms with Gasteiger partial charge in [0.05, 0.1) is 6.61 Å². The molecular weight excluding hydrogens is 318 g/mol. The van der Waals surface area contributed by atoms with Gasteiger partial charge in [0, 0.05) is 23.2 Å². The van der Waals surface area contributed by atoms with Gasteiger partial charge >= 0.3 is 0 Å². The number of hydrogen-bond donors (Lipinski definition) is 2. The fourth-order valence-electron chi connectivity index (χ4n) is 1.93. The standard InChI is InChI=1S/C16H26BrNO2/c1-3-9-20-16-7-6-15(17)10-14(16)11-18-8-4-5-13(2)12-19/h6-7,10,13,18-19H,3-5,8-9,11-12H2,1-2H3. The van der Waals surface area contributed by atoms with Crippen LogP contribution in [0.15, 0.2) is 22.7 Å². The number of ether oxygens (including phenoxy) is 1. The van der Waals surface area contributed by atoms with Crippen molar-refractivity contribution in [2.24, 2.45) is 5.92 Å². The Hall–Kier alpha value is -0.580. The normalized spacial score (nSPS) is 12.4. The molecule has 1 rings (SSSR count). The van der Waals surface area contributed by atoms with Gasteiger partial charge in [-0.25, -0.2) is 0 Å². The number of hydrogen-bond acceptors (Lipinski definition) is 3. The van der Waals surface area contributed by atoms with Crippen LogP contribution in [0.2, 0.25) is 0 Å². The van der Waals surface area contributed by atoms with Gasteiger partial charge in [0.25, 0.3) is 0 Å². The van der Waals surface area contributed by atoms with Crippen molar-refractivity contribution >= 4 is 15.9 Å². The van der Waals surface area contributed by atoms with Gasteiger partial charge in [0.2, 0.25) is 0 Å². The highest BCUT2D eigenvalue weighted by atomic mass is 79.9. The molecular formula is C16H26BrNO2. The number of rotatable bonds is 10. The summed E-state index contributed by atoms with van der Waals surface area (Å²) in [7, 11) is 0. The van der Waals surface area contributed by atoms with E-state index in [9.17, 15) is 0 Å². The topological polar surface area (TPSA) is 41.5 Å². The van der Waals surface area contributed by atoms with Crippen molar-refractivity contribution < 1.29 is 9.84 Å². The lowest BCUT2D eigenvalue weighted by Crippen LogP contribution is -2.16. The monoisotopic (exact) mass is 343 g/mol. The van der Waals surface area contributed by atoms with Crippen LogP contribution in [0, 0.1) is 5.92 Å². The molecule has 1 unspecified atom stereocenters. The second-order valence-corrected chi connectivity index (χ2v) is 6.12. The van der Waals surface area contributed by atoms with Crippen molar-refractivity contribution in [3.05, 3.63) is 28.2 Å². The average Bonchev–Trinajstić information content (AvgIpc) is 2.45. The molecule has 3 nitrogen and oxygen atoms in total. The fourth-order valence-corrected chi connectivity index (χ4v) is 2.34. The third-order valence-corrected chi connectivity index (χ3v) is 3.66. The number of nitrogens with one attached hydrogen (secondary N) is 1. The molecule has 0 aromatic heterocycles. The lowest BCUT2D eigenvalue weighted by atomic mass is 10.1. The summed E-state index contributed by atoms with van der Waals surface area (Å²) in [5.41, 5.74) is 1.18. The van der Waals surface area contributed by atoms with Gasteiger partial charge in [-0.3, -0.25) is 0 Å². The Kier molecular flexibility index (Phi) is 8.90. The number of aliphatic hydroxyl groups excluding tert-OH is 1. The van der Waals surface area contributed by atoms with Crippen LogP contribution in [-0.4, -0.2) is 24.9 Å². The van der Waals surface area contributed by atoms with Crippen molar-refractivity contribution in [3.63, 3.8) is 0 Å². The number of benzene rings is 1. The first kappa shape index (κ1) is 17.5. The van der Waals surface area contributed by atoms with Crippen LogP contribution < -0.4 is 10.1 Å². The highest BCUT2D eigenvalue weighted by Crippen LogP contribution is 2.23. The summed E-state index contributed by atoms with van der Waals surface area (Å²) in [5, 5.41) is 12.4. The Bertz CT molecular complexity index is 385. The molecule has 0 amide bonds. The predicted molar refractivity (Wildman–Crippen MR) is 87.1 cm³/mol. The minimum absolute atomic E-state index is 0.278. The van der Waals surface area contributed by atoms with E-state index in [1.54, 1.807) is 0 Å². The minimum atomic E-state index is 0.278. The van der Waals surface area contributed by atoms with Crippen molar-refractivity contribution in [3.8, 4) is 5.75 Å². The van der Waals surface area contributed by atoms with E-state index in [0.717, 1.165) is 49.2 Å². The maximum Gasteiger partial charge on any atom is 0.123 e. The third-order valence-electron chi connectivity index (χ3n) is 3.16. The molecule has 0 aliphatic rings. The van der Waals surface area contributed by atoms with Gasteiger partial charge in [-0.1, -0.05) is 29.8 Å². The summed E-state index contributed by atoms with van der Waals surface area (Å²) >= 11 is 3.50. The molecule has 0 aliphatic carbocycles. The molecule has 0 heterocycles. The van der Waals surface area contributed by atoms with Crippen LogP contribution in [0.4, 0.5) is 0 Å². The molecule has 1 atom stereocenters. The lowest BCUT2D eigenvalue weighted by molar-refractivity contribution is 0.228. The van der Waals surface area contributed by atoms with E-state index in [2.05, 4.69) is 41.2 Å². The molecule has 0 saturated carbocycles. The Labute approximate surface area is 130 Å². The summed E-state index contributed by atoms with van der Waals surface area (Å²) in [5.74, 6) is 1.36. The molecule has 4 heteroatoms. The number of halogens is 1. The highest BCUT2D eigenvalue weighted by molar-refractivity contribution is 9.10. The number of aliphatic hydroxyl groups is 1. The Morgan fingerprint density at radius 3 is 2.90 bits per heavy atom. The van der Waals surface area contributed by atoms with E-state index in [0.29, 0.717) is 5.92 Å². The molecule has 114 valence electrons. The zero-order chi connectivity index (χ0) is 14.8. The first-order valence-corrected chi connectivity index (χ1v) is 8.19. The van der Waals surface area contributed by atoms with Crippen LogP contribution in [0.25, 0.3) is 0 Å². The zero-order valence-corrected chi connectivity index (χ0v) is 14.1. The SMILES string of the molecule is CCCOc1ccc(Br)cc1CNCCCC(C)CO. The first-order valence-electron chi connectivity index (χ1n) is 7.40. The molecule has 0 bridgehead atoms. The summed E-state index contributed by atoms with van der Waals surface area (Å²) < 4.78 is 6.84. The molecule has 1 aromatic carbocycles. The van der Waals surface area contributed by atoms with Gasteiger partial charge in [0.1, 0.15) is 5.75 Å². The van der Waals surface area contributed by atoms with E-state index < -0.39 is 0 Å². The molecule has 0 aliphatic heterocycles. The highest BCUT2D eigenvalue weighted by Gasteiger charge is 2.05. The van der Waals surface area contributed by atoms with E-state index in [1.807, 2.05) is 12.1 Å². The molecule has 0 spiro atoms. The van der Waals surface area contributed by atoms with Crippen LogP contribution in [0.1, 0.15) is 38.7 Å². The maximum atomic E-state index is 8.98. The Morgan fingerprint density at radius 2 is 2.20 bits per heavy atom. The van der Waals surface area contributed by atoms with Crippen molar-refractivity contribution in [1.82, 2.24) is 5.32 Å². The van der Waals surface area contributed by atoms with Gasteiger partial charge in [-0.05, 0) is 49.9 Å². The maximum absolute atomic E-state index is 8.98. The second kappa shape index (κ2) is 10.2. The fraction of sp³-hybridized carbons (Fsp3) is 0.625. The predicted octanol–water partition coefficient (Wildman–Crippen LogP) is 3.74. The molecule has 20 heavy (non-hydrogen) atoms. The van der Waals surface area contributed by atoms with Gasteiger partial charge in [-0.2, -0.15) is 0 Å².